The summed E-state index contributed by atoms with van der Waals surface area (Å²) in [6.45, 7) is 0. The van der Waals surface area contributed by atoms with Crippen molar-refractivity contribution in [3.8, 4) is 5.75 Å². The molecule has 0 saturated carbocycles. The molecule has 0 fully saturated rings. The van der Waals surface area contributed by atoms with Crippen LogP contribution in [0.5, 0.6) is 5.75 Å². The molecule has 0 radical (unpaired) electrons. The highest BCUT2D eigenvalue weighted by atomic mass is 32.1. The molecule has 6 heteroatoms. The number of nitrogens with one attached hydrogen (secondary N) is 2. The maximum Gasteiger partial charge on any atom is 0.265 e. The molecule has 1 amide bonds. The van der Waals surface area contributed by atoms with E-state index in [1.54, 1.807) is 25.3 Å². The number of rotatable bonds is 3. The molecule has 0 unspecified atom stereocenters. The average Bonchev–Trinajstić information content (AvgIpc) is 3.09. The van der Waals surface area contributed by atoms with Crippen molar-refractivity contribution in [1.82, 2.24) is 4.98 Å². The van der Waals surface area contributed by atoms with Gasteiger partial charge in [-0.1, -0.05) is 30.3 Å². The molecule has 0 aliphatic carbocycles. The third-order valence-corrected chi connectivity index (χ3v) is 5.14. The van der Waals surface area contributed by atoms with Crippen molar-refractivity contribution in [2.45, 2.75) is 0 Å². The fraction of sp³-hybridized carbons (Fsp3) is 0.0526. The number of thiophene rings is 1. The lowest BCUT2D eigenvalue weighted by Gasteiger charge is -2.08. The summed E-state index contributed by atoms with van der Waals surface area (Å²) in [6, 6.07) is 16.4. The van der Waals surface area contributed by atoms with Crippen molar-refractivity contribution in [1.29, 1.82) is 0 Å². The molecule has 124 valence electrons. The highest BCUT2D eigenvalue weighted by molar-refractivity contribution is 7.21. The van der Waals surface area contributed by atoms with Crippen LogP contribution in [0.4, 0.5) is 5.69 Å². The number of carbonyl (C=O) groups is 1. The number of benzene rings is 2. The minimum absolute atomic E-state index is 0.193. The van der Waals surface area contributed by atoms with Crippen molar-refractivity contribution in [3.63, 3.8) is 0 Å². The molecule has 2 aromatic heterocycles. The molecule has 0 aliphatic heterocycles. The average molecular weight is 350 g/mol. The number of amides is 1. The number of hydrogen-bond acceptors (Lipinski definition) is 4. The first-order chi connectivity index (χ1) is 12.2. The lowest BCUT2D eigenvalue weighted by atomic mass is 10.2. The number of anilines is 1. The van der Waals surface area contributed by atoms with Gasteiger partial charge in [-0.2, -0.15) is 0 Å². The zero-order valence-corrected chi connectivity index (χ0v) is 14.1. The van der Waals surface area contributed by atoms with Crippen LogP contribution in [-0.2, 0) is 0 Å². The van der Waals surface area contributed by atoms with Crippen LogP contribution in [0.2, 0.25) is 0 Å². The van der Waals surface area contributed by atoms with E-state index in [-0.39, 0.29) is 11.5 Å². The first-order valence-electron chi connectivity index (χ1n) is 7.66. The van der Waals surface area contributed by atoms with Gasteiger partial charge < -0.3 is 15.0 Å². The molecule has 2 aromatic carbocycles. The van der Waals surface area contributed by atoms with Crippen LogP contribution in [0.15, 0.2) is 59.4 Å². The fourth-order valence-corrected chi connectivity index (χ4v) is 3.87. The normalized spacial score (nSPS) is 10.9. The first-order valence-corrected chi connectivity index (χ1v) is 8.48. The van der Waals surface area contributed by atoms with Crippen LogP contribution in [-0.4, -0.2) is 18.0 Å². The molecule has 2 N–H and O–H groups in total. The van der Waals surface area contributed by atoms with E-state index in [1.807, 2.05) is 36.4 Å². The van der Waals surface area contributed by atoms with Crippen molar-refractivity contribution < 1.29 is 9.53 Å². The van der Waals surface area contributed by atoms with Gasteiger partial charge in [0, 0.05) is 15.6 Å². The van der Waals surface area contributed by atoms with E-state index in [2.05, 4.69) is 10.3 Å². The highest BCUT2D eigenvalue weighted by Crippen LogP contribution is 2.31. The molecule has 4 rings (SSSR count). The quantitative estimate of drug-likeness (QED) is 0.586. The van der Waals surface area contributed by atoms with Crippen LogP contribution in [0, 0.1) is 0 Å². The Labute approximate surface area is 146 Å². The van der Waals surface area contributed by atoms with Gasteiger partial charge in [0.25, 0.3) is 11.5 Å². The fourth-order valence-electron chi connectivity index (χ4n) is 2.78. The molecule has 25 heavy (non-hydrogen) atoms. The lowest BCUT2D eigenvalue weighted by Crippen LogP contribution is -2.11. The topological polar surface area (TPSA) is 71.2 Å². The van der Waals surface area contributed by atoms with Crippen LogP contribution in [0.25, 0.3) is 21.0 Å². The van der Waals surface area contributed by atoms with Gasteiger partial charge in [0.1, 0.15) is 5.75 Å². The number of hydrogen-bond donors (Lipinski definition) is 2. The SMILES string of the molecule is COc1ccccc1NC(=O)c1cc2c(=O)[nH]c3ccccc3c2s1. The molecule has 0 atom stereocenters. The van der Waals surface area contributed by atoms with Crippen LogP contribution >= 0.6 is 11.3 Å². The summed E-state index contributed by atoms with van der Waals surface area (Å²) in [5.74, 6) is 0.314. The summed E-state index contributed by atoms with van der Waals surface area (Å²) in [5.41, 5.74) is 1.16. The zero-order chi connectivity index (χ0) is 17.4. The Morgan fingerprint density at radius 2 is 1.84 bits per heavy atom. The van der Waals surface area contributed by atoms with E-state index >= 15 is 0 Å². The molecule has 0 bridgehead atoms. The second kappa shape index (κ2) is 6.07. The summed E-state index contributed by atoms with van der Waals surface area (Å²) in [7, 11) is 1.55. The van der Waals surface area contributed by atoms with Crippen LogP contribution in [0.3, 0.4) is 0 Å². The highest BCUT2D eigenvalue weighted by Gasteiger charge is 2.16. The summed E-state index contributed by atoms with van der Waals surface area (Å²) in [4.78, 5) is 28.2. The molecule has 5 nitrogen and oxygen atoms in total. The van der Waals surface area contributed by atoms with Gasteiger partial charge in [-0.05, 0) is 24.3 Å². The maximum atomic E-state index is 12.6. The third-order valence-electron chi connectivity index (χ3n) is 3.98. The summed E-state index contributed by atoms with van der Waals surface area (Å²) in [6.07, 6.45) is 0. The minimum atomic E-state index is -0.269. The van der Waals surface area contributed by atoms with E-state index in [4.69, 9.17) is 4.74 Å². The standard InChI is InChI=1S/C19H14N2O3S/c1-24-15-9-5-4-8-14(15)21-19(23)16-10-12-17(25-16)11-6-2-3-7-13(11)20-18(12)22/h2-10H,1H3,(H,20,22)(H,21,23). The zero-order valence-electron chi connectivity index (χ0n) is 13.3. The number of pyridine rings is 1. The molecule has 2 heterocycles. The Kier molecular flexibility index (Phi) is 3.74. The number of para-hydroxylation sites is 3. The Hall–Kier alpha value is -3.12. The van der Waals surface area contributed by atoms with Crippen LogP contribution < -0.4 is 15.6 Å². The Morgan fingerprint density at radius 3 is 2.68 bits per heavy atom. The predicted octanol–water partition coefficient (Wildman–Crippen LogP) is 4.00. The van der Waals surface area contributed by atoms with Gasteiger partial charge in [0.2, 0.25) is 0 Å². The maximum absolute atomic E-state index is 12.6. The molecular formula is C19H14N2O3S. The van der Waals surface area contributed by atoms with E-state index in [1.165, 1.54) is 11.3 Å². The predicted molar refractivity (Wildman–Crippen MR) is 101 cm³/mol. The largest absolute Gasteiger partial charge is 0.495 e. The van der Waals surface area contributed by atoms with Crippen molar-refractivity contribution in [3.05, 3.63) is 69.8 Å². The van der Waals surface area contributed by atoms with Gasteiger partial charge in [0.15, 0.2) is 0 Å². The van der Waals surface area contributed by atoms with E-state index < -0.39 is 0 Å². The number of aromatic amines is 1. The lowest BCUT2D eigenvalue weighted by molar-refractivity contribution is 0.103. The van der Waals surface area contributed by atoms with Crippen LogP contribution in [0.1, 0.15) is 9.67 Å². The monoisotopic (exact) mass is 350 g/mol. The Bertz CT molecular complexity index is 1160. The minimum Gasteiger partial charge on any atom is -0.495 e. The Morgan fingerprint density at radius 1 is 1.08 bits per heavy atom. The molecule has 4 aromatic rings. The molecular weight excluding hydrogens is 336 g/mol. The van der Waals surface area contributed by atoms with E-state index in [9.17, 15) is 9.59 Å². The Balaban J connectivity index is 1.79. The van der Waals surface area contributed by atoms with Gasteiger partial charge in [-0.25, -0.2) is 0 Å². The summed E-state index contributed by atoms with van der Waals surface area (Å²) < 4.78 is 6.06. The van der Waals surface area contributed by atoms with Gasteiger partial charge in [-0.3, -0.25) is 9.59 Å². The summed E-state index contributed by atoms with van der Waals surface area (Å²) >= 11 is 1.31. The smallest absolute Gasteiger partial charge is 0.265 e. The second-order valence-electron chi connectivity index (χ2n) is 5.51. The number of carbonyl (C=O) groups excluding carboxylic acids is 1. The third kappa shape index (κ3) is 2.66. The number of fused-ring (bicyclic) bond motifs is 3. The number of H-pyrrole nitrogens is 1. The number of ether oxygens (including phenoxy) is 1. The van der Waals surface area contributed by atoms with E-state index in [0.29, 0.717) is 21.7 Å². The van der Waals surface area contributed by atoms with Gasteiger partial charge in [0.05, 0.1) is 23.1 Å². The first kappa shape index (κ1) is 15.4. The number of aromatic nitrogens is 1. The molecule has 0 aliphatic rings. The van der Waals surface area contributed by atoms with Gasteiger partial charge >= 0.3 is 0 Å². The number of methoxy groups -OCH3 is 1. The van der Waals surface area contributed by atoms with E-state index in [0.717, 1.165) is 15.6 Å². The van der Waals surface area contributed by atoms with Crippen molar-refractivity contribution in [2.75, 3.05) is 12.4 Å². The molecule has 0 spiro atoms. The summed E-state index contributed by atoms with van der Waals surface area (Å²) in [5, 5.41) is 4.29. The molecule has 0 saturated heterocycles. The van der Waals surface area contributed by atoms with Crippen molar-refractivity contribution >= 4 is 43.9 Å². The van der Waals surface area contributed by atoms with Gasteiger partial charge in [-0.15, -0.1) is 11.3 Å². The second-order valence-corrected chi connectivity index (χ2v) is 6.56. The van der Waals surface area contributed by atoms with Crippen molar-refractivity contribution in [2.24, 2.45) is 0 Å².